The van der Waals surface area contributed by atoms with E-state index in [-0.39, 0.29) is 0 Å². The van der Waals surface area contributed by atoms with Crippen LogP contribution in [0.2, 0.25) is 0 Å². The molecule has 10 atom stereocenters. The van der Waals surface area contributed by atoms with Crippen molar-refractivity contribution in [1.29, 1.82) is 0 Å². The van der Waals surface area contributed by atoms with Crippen molar-refractivity contribution in [3.63, 3.8) is 0 Å². The van der Waals surface area contributed by atoms with Gasteiger partial charge in [-0.1, -0.05) is 0 Å². The predicted octanol–water partition coefficient (Wildman–Crippen LogP) is -3.72. The Hall–Kier alpha value is -0.400. The first kappa shape index (κ1) is 18.9. The van der Waals surface area contributed by atoms with E-state index in [4.69, 9.17) is 24.1 Å². The molecule has 0 amide bonds. The molecule has 2 aliphatic rings. The van der Waals surface area contributed by atoms with Crippen LogP contribution in [0.5, 0.6) is 0 Å². The van der Waals surface area contributed by atoms with Gasteiger partial charge in [0.2, 0.25) is 0 Å². The number of aliphatic hydroxyl groups excluding tert-OH is 6. The molecule has 10 heteroatoms. The molecule has 0 radical (unpaired) electrons. The molecule has 0 aliphatic carbocycles. The van der Waals surface area contributed by atoms with E-state index in [1.807, 2.05) is 0 Å². The summed E-state index contributed by atoms with van der Waals surface area (Å²) in [5.74, 6) is 0. The van der Waals surface area contributed by atoms with Crippen LogP contribution in [0.15, 0.2) is 0 Å². The zero-order valence-electron chi connectivity index (χ0n) is 12.8. The van der Waals surface area contributed by atoms with Crippen molar-refractivity contribution in [1.82, 2.24) is 0 Å². The Morgan fingerprint density at radius 1 is 0.826 bits per heavy atom. The summed E-state index contributed by atoms with van der Waals surface area (Å²) < 4.78 is 21.0. The minimum Gasteiger partial charge on any atom is -0.394 e. The topological polar surface area (TPSA) is 158 Å². The maximum atomic E-state index is 10.1. The molecule has 136 valence electrons. The van der Waals surface area contributed by atoms with E-state index >= 15 is 0 Å². The van der Waals surface area contributed by atoms with E-state index in [0.29, 0.717) is 0 Å². The van der Waals surface area contributed by atoms with Gasteiger partial charge >= 0.3 is 0 Å². The highest BCUT2D eigenvalue weighted by Gasteiger charge is 2.49. The number of aliphatic hydroxyl groups is 6. The van der Waals surface area contributed by atoms with Crippen LogP contribution in [0.3, 0.4) is 0 Å². The van der Waals surface area contributed by atoms with Gasteiger partial charge in [0.1, 0.15) is 42.7 Å². The average molecular weight is 340 g/mol. The van der Waals surface area contributed by atoms with Crippen molar-refractivity contribution in [2.45, 2.75) is 68.3 Å². The standard InChI is InChI=1S/C13H24O10/c1-4-6(15)8(17)10(19)12(21-4)23-11-9(18)7(16)5(3-14)22-13(11)20-2/h4-19H,3H2,1-2H3/t4?,5?,6-,7-,8?,9?,10+,11+,12+,13-/m1/s1. The van der Waals surface area contributed by atoms with Gasteiger partial charge in [-0.15, -0.1) is 0 Å². The predicted molar refractivity (Wildman–Crippen MR) is 72.0 cm³/mol. The lowest BCUT2D eigenvalue weighted by Crippen LogP contribution is -2.64. The van der Waals surface area contributed by atoms with E-state index < -0.39 is 68.0 Å². The van der Waals surface area contributed by atoms with Gasteiger partial charge in [-0.25, -0.2) is 0 Å². The van der Waals surface area contributed by atoms with Crippen molar-refractivity contribution in [2.75, 3.05) is 13.7 Å². The number of methoxy groups -OCH3 is 1. The molecule has 0 spiro atoms. The van der Waals surface area contributed by atoms with Crippen molar-refractivity contribution in [3.05, 3.63) is 0 Å². The molecule has 2 fully saturated rings. The fourth-order valence-corrected chi connectivity index (χ4v) is 2.67. The Labute approximate surface area is 132 Å². The summed E-state index contributed by atoms with van der Waals surface area (Å²) in [5, 5.41) is 58.5. The van der Waals surface area contributed by atoms with Crippen LogP contribution in [0, 0.1) is 0 Å². The second kappa shape index (κ2) is 7.66. The van der Waals surface area contributed by atoms with E-state index in [9.17, 15) is 25.5 Å². The highest BCUT2D eigenvalue weighted by molar-refractivity contribution is 4.92. The van der Waals surface area contributed by atoms with Crippen LogP contribution in [-0.4, -0.2) is 106 Å². The highest BCUT2D eigenvalue weighted by Crippen LogP contribution is 2.29. The molecule has 23 heavy (non-hydrogen) atoms. The highest BCUT2D eigenvalue weighted by atomic mass is 16.8. The third-order valence-electron chi connectivity index (χ3n) is 4.16. The van der Waals surface area contributed by atoms with Gasteiger partial charge in [0.15, 0.2) is 12.6 Å². The summed E-state index contributed by atoms with van der Waals surface area (Å²) in [6.07, 6.45) is -12.9. The second-order valence-corrected chi connectivity index (χ2v) is 5.72. The average Bonchev–Trinajstić information content (AvgIpc) is 2.54. The zero-order valence-corrected chi connectivity index (χ0v) is 12.8. The number of ether oxygens (including phenoxy) is 4. The molecule has 0 aromatic heterocycles. The van der Waals surface area contributed by atoms with Crippen LogP contribution in [-0.2, 0) is 18.9 Å². The number of hydrogen-bond donors (Lipinski definition) is 6. The molecule has 0 saturated carbocycles. The lowest BCUT2D eigenvalue weighted by Gasteiger charge is -2.45. The van der Waals surface area contributed by atoms with Crippen molar-refractivity contribution < 1.29 is 49.6 Å². The van der Waals surface area contributed by atoms with Crippen LogP contribution < -0.4 is 0 Å². The minimum absolute atomic E-state index is 0.532. The molecule has 2 aliphatic heterocycles. The van der Waals surface area contributed by atoms with Gasteiger partial charge < -0.3 is 49.6 Å². The van der Waals surface area contributed by atoms with E-state index in [2.05, 4.69) is 0 Å². The quantitative estimate of drug-likeness (QED) is 0.300. The molecule has 2 rings (SSSR count). The summed E-state index contributed by atoms with van der Waals surface area (Å²) in [5.41, 5.74) is 0. The zero-order chi connectivity index (χ0) is 17.3. The first-order chi connectivity index (χ1) is 10.8. The van der Waals surface area contributed by atoms with E-state index in [0.717, 1.165) is 0 Å². The molecule has 0 aromatic rings. The van der Waals surface area contributed by atoms with Gasteiger partial charge in [0.25, 0.3) is 0 Å². The molecule has 0 aromatic carbocycles. The van der Waals surface area contributed by atoms with Gasteiger partial charge in [0, 0.05) is 7.11 Å². The van der Waals surface area contributed by atoms with Gasteiger partial charge in [-0.3, -0.25) is 0 Å². The summed E-state index contributed by atoms with van der Waals surface area (Å²) in [4.78, 5) is 0. The molecular formula is C13H24O10. The van der Waals surface area contributed by atoms with E-state index in [1.165, 1.54) is 14.0 Å². The minimum atomic E-state index is -1.57. The lowest BCUT2D eigenvalue weighted by molar-refractivity contribution is -0.361. The molecular weight excluding hydrogens is 316 g/mol. The summed E-state index contributed by atoms with van der Waals surface area (Å²) in [6, 6.07) is 0. The molecule has 4 unspecified atom stereocenters. The third-order valence-corrected chi connectivity index (χ3v) is 4.16. The fraction of sp³-hybridized carbons (Fsp3) is 1.00. The third kappa shape index (κ3) is 3.66. The van der Waals surface area contributed by atoms with Crippen LogP contribution in [0.4, 0.5) is 0 Å². The SMILES string of the molecule is CO[C@@H]1OC(CO)[C@@H](O)C(O)[C@@H]1O[C@@H]1OC(C)[C@@H](O)C(O)[C@@H]1O. The summed E-state index contributed by atoms with van der Waals surface area (Å²) in [6.45, 7) is 0.948. The largest absolute Gasteiger partial charge is 0.394 e. The van der Waals surface area contributed by atoms with Crippen LogP contribution in [0.1, 0.15) is 6.92 Å². The van der Waals surface area contributed by atoms with Gasteiger partial charge in [-0.05, 0) is 6.92 Å². The number of rotatable bonds is 4. The molecule has 2 saturated heterocycles. The monoisotopic (exact) mass is 340 g/mol. The first-order valence-electron chi connectivity index (χ1n) is 7.32. The molecule has 10 nitrogen and oxygen atoms in total. The van der Waals surface area contributed by atoms with Crippen molar-refractivity contribution in [3.8, 4) is 0 Å². The summed E-state index contributed by atoms with van der Waals surface area (Å²) in [7, 11) is 1.28. The van der Waals surface area contributed by atoms with Crippen molar-refractivity contribution in [2.24, 2.45) is 0 Å². The normalized spacial score (nSPS) is 51.7. The Morgan fingerprint density at radius 2 is 1.48 bits per heavy atom. The smallest absolute Gasteiger partial charge is 0.187 e. The second-order valence-electron chi connectivity index (χ2n) is 5.72. The lowest BCUT2D eigenvalue weighted by atomic mass is 9.97. The van der Waals surface area contributed by atoms with Gasteiger partial charge in [0.05, 0.1) is 12.7 Å². The van der Waals surface area contributed by atoms with E-state index in [1.54, 1.807) is 0 Å². The maximum Gasteiger partial charge on any atom is 0.187 e. The fourth-order valence-electron chi connectivity index (χ4n) is 2.67. The Kier molecular flexibility index (Phi) is 6.30. The Morgan fingerprint density at radius 3 is 2.04 bits per heavy atom. The maximum absolute atomic E-state index is 10.1. The van der Waals surface area contributed by atoms with Crippen LogP contribution >= 0.6 is 0 Å². The van der Waals surface area contributed by atoms with Crippen LogP contribution in [0.25, 0.3) is 0 Å². The van der Waals surface area contributed by atoms with Gasteiger partial charge in [-0.2, -0.15) is 0 Å². The molecule has 2 heterocycles. The van der Waals surface area contributed by atoms with Crippen molar-refractivity contribution >= 4 is 0 Å². The number of hydrogen-bond acceptors (Lipinski definition) is 10. The molecule has 6 N–H and O–H groups in total. The Balaban J connectivity index is 2.10. The first-order valence-corrected chi connectivity index (χ1v) is 7.32. The Bertz CT molecular complexity index is 380. The summed E-state index contributed by atoms with van der Waals surface area (Å²) >= 11 is 0. The molecule has 0 bridgehead atoms.